The Balaban J connectivity index is 1.92. The van der Waals surface area contributed by atoms with E-state index in [4.69, 9.17) is 0 Å². The lowest BCUT2D eigenvalue weighted by Crippen LogP contribution is -2.48. The van der Waals surface area contributed by atoms with Crippen molar-refractivity contribution in [2.75, 3.05) is 56.7 Å². The van der Waals surface area contributed by atoms with Crippen molar-refractivity contribution in [2.45, 2.75) is 18.2 Å². The number of thioether (sulfide) groups is 1. The highest BCUT2D eigenvalue weighted by molar-refractivity contribution is 7.99. The predicted molar refractivity (Wildman–Crippen MR) is 110 cm³/mol. The molecule has 1 saturated heterocycles. The quantitative estimate of drug-likeness (QED) is 0.466. The maximum absolute atomic E-state index is 12.9. The number of sulfonamides is 1. The first kappa shape index (κ1) is 22.7. The molecule has 2 rings (SSSR count). The summed E-state index contributed by atoms with van der Waals surface area (Å²) in [5.74, 6) is 0.107. The molecule has 0 saturated carbocycles. The number of piperazine rings is 1. The van der Waals surface area contributed by atoms with Crippen molar-refractivity contribution in [3.8, 4) is 0 Å². The zero-order valence-corrected chi connectivity index (χ0v) is 17.9. The fraction of sp³-hybridized carbons (Fsp3) is 0.556. The molecule has 1 aliphatic rings. The highest BCUT2D eigenvalue weighted by Crippen LogP contribution is 2.21. The molecule has 1 amide bonds. The van der Waals surface area contributed by atoms with Gasteiger partial charge >= 0.3 is 5.97 Å². The van der Waals surface area contributed by atoms with Gasteiger partial charge in [-0.2, -0.15) is 4.31 Å². The van der Waals surface area contributed by atoms with Gasteiger partial charge in [-0.05, 0) is 24.7 Å². The standard InChI is InChI=1S/C18H27N3O5S2/c1-3-20-8-10-21(11-9-20)28(24,25)16-6-4-5-15(13-16)19-17(22)7-12-27-14-18(23)26-2/h4-6,13H,3,7-12,14H2,1-2H3,(H,19,22). The minimum absolute atomic E-state index is 0.176. The Bertz CT molecular complexity index is 777. The molecule has 10 heteroatoms. The molecule has 0 unspecified atom stereocenters. The second-order valence-corrected chi connectivity index (χ2v) is 9.34. The zero-order valence-electron chi connectivity index (χ0n) is 16.2. The monoisotopic (exact) mass is 429 g/mol. The largest absolute Gasteiger partial charge is 0.468 e. The molecule has 1 aromatic rings. The van der Waals surface area contributed by atoms with Crippen LogP contribution in [-0.4, -0.2) is 80.8 Å². The van der Waals surface area contributed by atoms with E-state index in [1.54, 1.807) is 18.2 Å². The van der Waals surface area contributed by atoms with Crippen LogP contribution in [0.4, 0.5) is 5.69 Å². The normalized spacial score (nSPS) is 15.9. The van der Waals surface area contributed by atoms with Crippen LogP contribution in [-0.2, 0) is 24.3 Å². The van der Waals surface area contributed by atoms with Crippen LogP contribution >= 0.6 is 11.8 Å². The smallest absolute Gasteiger partial charge is 0.315 e. The van der Waals surface area contributed by atoms with E-state index in [0.29, 0.717) is 24.5 Å². The van der Waals surface area contributed by atoms with Gasteiger partial charge < -0.3 is 15.0 Å². The topological polar surface area (TPSA) is 96.0 Å². The Morgan fingerprint density at radius 2 is 1.93 bits per heavy atom. The van der Waals surface area contributed by atoms with Gasteiger partial charge in [-0.3, -0.25) is 9.59 Å². The number of hydrogen-bond acceptors (Lipinski definition) is 7. The Kier molecular flexibility index (Phi) is 8.74. The van der Waals surface area contributed by atoms with Crippen LogP contribution in [0.1, 0.15) is 13.3 Å². The van der Waals surface area contributed by atoms with Crippen LogP contribution in [0.3, 0.4) is 0 Å². The number of carbonyl (C=O) groups excluding carboxylic acids is 2. The van der Waals surface area contributed by atoms with E-state index >= 15 is 0 Å². The number of benzene rings is 1. The summed E-state index contributed by atoms with van der Waals surface area (Å²) in [7, 11) is -2.27. The SMILES string of the molecule is CCN1CCN(S(=O)(=O)c2cccc(NC(=O)CCSCC(=O)OC)c2)CC1. The first-order valence-electron chi connectivity index (χ1n) is 9.13. The van der Waals surface area contributed by atoms with Gasteiger partial charge in [0.1, 0.15) is 0 Å². The number of nitrogens with zero attached hydrogens (tertiary/aromatic N) is 2. The van der Waals surface area contributed by atoms with Gasteiger partial charge in [-0.1, -0.05) is 13.0 Å². The number of amides is 1. The number of nitrogens with one attached hydrogen (secondary N) is 1. The Morgan fingerprint density at radius 3 is 2.57 bits per heavy atom. The van der Waals surface area contributed by atoms with E-state index in [0.717, 1.165) is 19.6 Å². The molecule has 0 spiro atoms. The van der Waals surface area contributed by atoms with Gasteiger partial charge in [0.25, 0.3) is 0 Å². The average Bonchev–Trinajstić information content (AvgIpc) is 2.71. The molecule has 1 fully saturated rings. The highest BCUT2D eigenvalue weighted by Gasteiger charge is 2.28. The van der Waals surface area contributed by atoms with Crippen molar-refractivity contribution in [3.63, 3.8) is 0 Å². The summed E-state index contributed by atoms with van der Waals surface area (Å²) in [4.78, 5) is 25.5. The average molecular weight is 430 g/mol. The lowest BCUT2D eigenvalue weighted by molar-refractivity contribution is -0.137. The van der Waals surface area contributed by atoms with E-state index < -0.39 is 10.0 Å². The Hall–Kier alpha value is -1.62. The zero-order chi connectivity index (χ0) is 20.6. The van der Waals surface area contributed by atoms with Crippen molar-refractivity contribution in [3.05, 3.63) is 24.3 Å². The molecule has 0 aliphatic carbocycles. The molecule has 0 radical (unpaired) electrons. The van der Waals surface area contributed by atoms with Gasteiger partial charge in [0, 0.05) is 44.0 Å². The van der Waals surface area contributed by atoms with E-state index in [1.807, 2.05) is 0 Å². The first-order chi connectivity index (χ1) is 13.4. The van der Waals surface area contributed by atoms with Crippen LogP contribution in [0, 0.1) is 0 Å². The molecule has 8 nitrogen and oxygen atoms in total. The first-order valence-corrected chi connectivity index (χ1v) is 11.7. The molecule has 0 aromatic heterocycles. The summed E-state index contributed by atoms with van der Waals surface area (Å²) < 4.78 is 31.8. The van der Waals surface area contributed by atoms with Gasteiger partial charge in [-0.15, -0.1) is 11.8 Å². The molecule has 156 valence electrons. The minimum Gasteiger partial charge on any atom is -0.468 e. The van der Waals surface area contributed by atoms with Crippen molar-refractivity contribution in [1.29, 1.82) is 0 Å². The summed E-state index contributed by atoms with van der Waals surface area (Å²) in [5.41, 5.74) is 0.441. The summed E-state index contributed by atoms with van der Waals surface area (Å²) in [6.07, 6.45) is 0.220. The molecule has 0 atom stereocenters. The maximum atomic E-state index is 12.9. The van der Waals surface area contributed by atoms with E-state index in [9.17, 15) is 18.0 Å². The lowest BCUT2D eigenvalue weighted by atomic mass is 10.3. The number of hydrogen-bond donors (Lipinski definition) is 1. The third kappa shape index (κ3) is 6.47. The molecule has 1 aromatic carbocycles. The minimum atomic E-state index is -3.59. The summed E-state index contributed by atoms with van der Waals surface area (Å²) >= 11 is 1.31. The molecular weight excluding hydrogens is 402 g/mol. The molecule has 0 bridgehead atoms. The molecule has 1 aliphatic heterocycles. The molecule has 1 N–H and O–H groups in total. The number of rotatable bonds is 9. The Labute approximate surface area is 170 Å². The summed E-state index contributed by atoms with van der Waals surface area (Å²) in [6.45, 7) is 5.33. The Morgan fingerprint density at radius 1 is 1.21 bits per heavy atom. The second-order valence-electron chi connectivity index (χ2n) is 6.29. The van der Waals surface area contributed by atoms with Crippen LogP contribution in [0.5, 0.6) is 0 Å². The van der Waals surface area contributed by atoms with Crippen molar-refractivity contribution < 1.29 is 22.7 Å². The number of carbonyl (C=O) groups is 2. The van der Waals surface area contributed by atoms with Crippen molar-refractivity contribution >= 4 is 39.3 Å². The van der Waals surface area contributed by atoms with Crippen LogP contribution in [0.2, 0.25) is 0 Å². The number of methoxy groups -OCH3 is 1. The number of anilines is 1. The van der Waals surface area contributed by atoms with Gasteiger partial charge in [-0.25, -0.2) is 8.42 Å². The maximum Gasteiger partial charge on any atom is 0.315 e. The molecular formula is C18H27N3O5S2. The number of likely N-dealkylation sites (N-methyl/N-ethyl adjacent to an activating group) is 1. The van der Waals surface area contributed by atoms with Crippen LogP contribution < -0.4 is 5.32 Å². The van der Waals surface area contributed by atoms with Crippen molar-refractivity contribution in [2.24, 2.45) is 0 Å². The lowest BCUT2D eigenvalue weighted by Gasteiger charge is -2.33. The van der Waals surface area contributed by atoms with E-state index in [-0.39, 0.29) is 28.9 Å². The van der Waals surface area contributed by atoms with E-state index in [1.165, 1.54) is 29.2 Å². The van der Waals surface area contributed by atoms with Crippen molar-refractivity contribution in [1.82, 2.24) is 9.21 Å². The molecule has 1 heterocycles. The van der Waals surface area contributed by atoms with Gasteiger partial charge in [0.05, 0.1) is 17.8 Å². The summed E-state index contributed by atoms with van der Waals surface area (Å²) in [5, 5.41) is 2.72. The summed E-state index contributed by atoms with van der Waals surface area (Å²) in [6, 6.07) is 6.31. The van der Waals surface area contributed by atoms with E-state index in [2.05, 4.69) is 21.9 Å². The third-order valence-electron chi connectivity index (χ3n) is 4.46. The van der Waals surface area contributed by atoms with Gasteiger partial charge in [0.15, 0.2) is 0 Å². The van der Waals surface area contributed by atoms with Crippen LogP contribution in [0.25, 0.3) is 0 Å². The highest BCUT2D eigenvalue weighted by atomic mass is 32.2. The molecule has 28 heavy (non-hydrogen) atoms. The second kappa shape index (κ2) is 10.8. The van der Waals surface area contributed by atoms with Crippen LogP contribution in [0.15, 0.2) is 29.2 Å². The number of ether oxygens (including phenoxy) is 1. The number of esters is 1. The third-order valence-corrected chi connectivity index (χ3v) is 7.28. The fourth-order valence-electron chi connectivity index (χ4n) is 2.77. The predicted octanol–water partition coefficient (Wildman–Crippen LogP) is 1.25. The van der Waals surface area contributed by atoms with Gasteiger partial charge in [0.2, 0.25) is 15.9 Å². The fourth-order valence-corrected chi connectivity index (χ4v) is 5.00.